The molecule has 0 aliphatic heterocycles. The molecule has 1 aromatic carbocycles. The predicted octanol–water partition coefficient (Wildman–Crippen LogP) is 3.15. The smallest absolute Gasteiger partial charge is 0.355 e. The fraction of sp³-hybridized carbons (Fsp3) is 0.0667. The minimum atomic E-state index is -1.14. The number of imidazole rings is 1. The summed E-state index contributed by atoms with van der Waals surface area (Å²) < 4.78 is 14.6. The first-order valence-electron chi connectivity index (χ1n) is 6.04. The van der Waals surface area contributed by atoms with E-state index < -0.39 is 11.8 Å². The van der Waals surface area contributed by atoms with Gasteiger partial charge in [-0.05, 0) is 25.1 Å². The summed E-state index contributed by atoms with van der Waals surface area (Å²) in [6.45, 7) is 1.92. The fourth-order valence-electron chi connectivity index (χ4n) is 2.22. The van der Waals surface area contributed by atoms with E-state index in [4.69, 9.17) is 0 Å². The number of hydrogen-bond acceptors (Lipinski definition) is 2. The Balaban J connectivity index is 2.35. The summed E-state index contributed by atoms with van der Waals surface area (Å²) in [4.78, 5) is 15.8. The summed E-state index contributed by atoms with van der Waals surface area (Å²) in [7, 11) is 0. The molecule has 4 nitrogen and oxygen atoms in total. The molecule has 20 heavy (non-hydrogen) atoms. The minimum absolute atomic E-state index is 0.0369. The first-order valence-corrected chi connectivity index (χ1v) is 6.04. The van der Waals surface area contributed by atoms with Gasteiger partial charge >= 0.3 is 5.97 Å². The van der Waals surface area contributed by atoms with Gasteiger partial charge in [0, 0.05) is 11.8 Å². The van der Waals surface area contributed by atoms with Gasteiger partial charge in [-0.2, -0.15) is 0 Å². The number of rotatable bonds is 2. The van der Waals surface area contributed by atoms with E-state index in [-0.39, 0.29) is 5.69 Å². The van der Waals surface area contributed by atoms with E-state index >= 15 is 0 Å². The van der Waals surface area contributed by atoms with Gasteiger partial charge in [0.05, 0.1) is 0 Å². The molecule has 0 aliphatic rings. The summed E-state index contributed by atoms with van der Waals surface area (Å²) in [6.07, 6.45) is 1.13. The molecular weight excluding hydrogens is 259 g/mol. The Morgan fingerprint density at radius 3 is 2.80 bits per heavy atom. The third-order valence-corrected chi connectivity index (χ3v) is 3.08. The Labute approximate surface area is 114 Å². The highest BCUT2D eigenvalue weighted by Gasteiger charge is 2.20. The van der Waals surface area contributed by atoms with Crippen molar-refractivity contribution in [1.82, 2.24) is 9.38 Å². The van der Waals surface area contributed by atoms with Crippen LogP contribution in [0.3, 0.4) is 0 Å². The van der Waals surface area contributed by atoms with Crippen molar-refractivity contribution in [1.29, 1.82) is 0 Å². The molecule has 0 fully saturated rings. The van der Waals surface area contributed by atoms with Gasteiger partial charge in [0.2, 0.25) is 0 Å². The van der Waals surface area contributed by atoms with Gasteiger partial charge in [0.1, 0.15) is 17.2 Å². The van der Waals surface area contributed by atoms with E-state index in [1.807, 2.05) is 25.1 Å². The van der Waals surface area contributed by atoms with E-state index in [1.54, 1.807) is 6.07 Å². The van der Waals surface area contributed by atoms with Gasteiger partial charge in [-0.3, -0.25) is 4.40 Å². The molecule has 0 atom stereocenters. The highest BCUT2D eigenvalue weighted by molar-refractivity contribution is 5.94. The van der Waals surface area contributed by atoms with Crippen molar-refractivity contribution in [3.05, 3.63) is 59.7 Å². The standard InChI is InChI=1S/C15H11FN2O2/c1-9-3-2-4-10(7-9)13-14(15(19)20)18-8-11(16)5-6-12(18)17-13/h2-8H,1H3,(H,19,20). The van der Waals surface area contributed by atoms with E-state index in [9.17, 15) is 14.3 Å². The first-order chi connectivity index (χ1) is 9.56. The van der Waals surface area contributed by atoms with Crippen LogP contribution in [0.15, 0.2) is 42.6 Å². The molecule has 0 bridgehead atoms. The van der Waals surface area contributed by atoms with Crippen LogP contribution >= 0.6 is 0 Å². The maximum absolute atomic E-state index is 13.3. The highest BCUT2D eigenvalue weighted by atomic mass is 19.1. The topological polar surface area (TPSA) is 54.6 Å². The van der Waals surface area contributed by atoms with Crippen molar-refractivity contribution in [2.24, 2.45) is 0 Å². The van der Waals surface area contributed by atoms with Gasteiger partial charge in [-0.15, -0.1) is 0 Å². The van der Waals surface area contributed by atoms with Crippen molar-refractivity contribution < 1.29 is 14.3 Å². The van der Waals surface area contributed by atoms with Gasteiger partial charge in [0.25, 0.3) is 0 Å². The van der Waals surface area contributed by atoms with Gasteiger partial charge in [-0.1, -0.05) is 23.8 Å². The Morgan fingerprint density at radius 2 is 2.10 bits per heavy atom. The average molecular weight is 270 g/mol. The SMILES string of the molecule is Cc1cccc(-c2nc3ccc(F)cn3c2C(=O)O)c1. The fourth-order valence-corrected chi connectivity index (χ4v) is 2.22. The average Bonchev–Trinajstić information content (AvgIpc) is 2.77. The van der Waals surface area contributed by atoms with Crippen molar-refractivity contribution in [3.63, 3.8) is 0 Å². The van der Waals surface area contributed by atoms with E-state index in [1.165, 1.54) is 16.5 Å². The molecule has 0 spiro atoms. The van der Waals surface area contributed by atoms with Crippen molar-refractivity contribution in [3.8, 4) is 11.3 Å². The normalized spacial score (nSPS) is 10.9. The molecule has 0 amide bonds. The lowest BCUT2D eigenvalue weighted by atomic mass is 10.1. The largest absolute Gasteiger partial charge is 0.476 e. The molecule has 100 valence electrons. The van der Waals surface area contributed by atoms with Crippen LogP contribution in [-0.2, 0) is 0 Å². The lowest BCUT2D eigenvalue weighted by Gasteiger charge is -2.01. The Bertz CT molecular complexity index is 824. The van der Waals surface area contributed by atoms with E-state index in [0.29, 0.717) is 16.9 Å². The lowest BCUT2D eigenvalue weighted by molar-refractivity contribution is 0.0690. The number of pyridine rings is 1. The summed E-state index contributed by atoms with van der Waals surface area (Å²) in [5.41, 5.74) is 2.41. The molecule has 0 radical (unpaired) electrons. The third kappa shape index (κ3) is 1.93. The Hall–Kier alpha value is -2.69. The highest BCUT2D eigenvalue weighted by Crippen LogP contribution is 2.25. The van der Waals surface area contributed by atoms with E-state index in [2.05, 4.69) is 4.98 Å². The molecule has 3 aromatic rings. The van der Waals surface area contributed by atoms with Gasteiger partial charge in [-0.25, -0.2) is 14.2 Å². The predicted molar refractivity (Wildman–Crippen MR) is 72.3 cm³/mol. The number of aromatic nitrogens is 2. The zero-order chi connectivity index (χ0) is 14.3. The van der Waals surface area contributed by atoms with Crippen LogP contribution in [0.1, 0.15) is 16.1 Å². The Kier molecular flexibility index (Phi) is 2.75. The summed E-state index contributed by atoms with van der Waals surface area (Å²) in [5.74, 6) is -1.65. The monoisotopic (exact) mass is 270 g/mol. The van der Waals surface area contributed by atoms with Crippen LogP contribution in [0, 0.1) is 12.7 Å². The van der Waals surface area contributed by atoms with Crippen molar-refractivity contribution >= 4 is 11.6 Å². The number of fused-ring (bicyclic) bond motifs is 1. The number of hydrogen-bond donors (Lipinski definition) is 1. The number of aromatic carboxylic acids is 1. The second-order valence-corrected chi connectivity index (χ2v) is 4.56. The number of halogens is 1. The summed E-state index contributed by atoms with van der Waals surface area (Å²) >= 11 is 0. The van der Waals surface area contributed by atoms with Crippen molar-refractivity contribution in [2.45, 2.75) is 6.92 Å². The van der Waals surface area contributed by atoms with Crippen LogP contribution in [0.4, 0.5) is 4.39 Å². The zero-order valence-corrected chi connectivity index (χ0v) is 10.7. The lowest BCUT2D eigenvalue weighted by Crippen LogP contribution is -2.04. The number of carboxylic acids is 1. The first kappa shape index (κ1) is 12.3. The maximum atomic E-state index is 13.3. The van der Waals surface area contributed by atoms with Crippen molar-refractivity contribution in [2.75, 3.05) is 0 Å². The molecule has 3 rings (SSSR count). The number of nitrogens with zero attached hydrogens (tertiary/aromatic N) is 2. The molecule has 0 unspecified atom stereocenters. The summed E-state index contributed by atoms with van der Waals surface area (Å²) in [5, 5.41) is 9.39. The molecule has 2 aromatic heterocycles. The van der Waals surface area contributed by atoms with Crippen LogP contribution in [0.5, 0.6) is 0 Å². The molecule has 5 heteroatoms. The zero-order valence-electron chi connectivity index (χ0n) is 10.7. The molecule has 0 saturated carbocycles. The van der Waals surface area contributed by atoms with Crippen LogP contribution < -0.4 is 0 Å². The number of carbonyl (C=O) groups is 1. The maximum Gasteiger partial charge on any atom is 0.355 e. The number of aryl methyl sites for hydroxylation is 1. The molecule has 2 heterocycles. The molecule has 0 saturated heterocycles. The van der Waals surface area contributed by atoms with Crippen LogP contribution in [0.2, 0.25) is 0 Å². The quantitative estimate of drug-likeness (QED) is 0.778. The molecule has 0 aliphatic carbocycles. The number of carboxylic acid groups (broad SMARTS) is 1. The molecule has 1 N–H and O–H groups in total. The van der Waals surface area contributed by atoms with Crippen LogP contribution in [-0.4, -0.2) is 20.5 Å². The third-order valence-electron chi connectivity index (χ3n) is 3.08. The second-order valence-electron chi connectivity index (χ2n) is 4.56. The minimum Gasteiger partial charge on any atom is -0.476 e. The van der Waals surface area contributed by atoms with Crippen LogP contribution in [0.25, 0.3) is 16.9 Å². The van der Waals surface area contributed by atoms with E-state index in [0.717, 1.165) is 11.8 Å². The number of benzene rings is 1. The second kappa shape index (κ2) is 4.45. The Morgan fingerprint density at radius 1 is 1.30 bits per heavy atom. The van der Waals surface area contributed by atoms with Gasteiger partial charge < -0.3 is 5.11 Å². The summed E-state index contributed by atoms with van der Waals surface area (Å²) in [6, 6.07) is 10.1. The molecular formula is C15H11FN2O2. The van der Waals surface area contributed by atoms with Gasteiger partial charge in [0.15, 0.2) is 5.69 Å².